The van der Waals surface area contributed by atoms with Crippen molar-refractivity contribution in [3.8, 4) is 5.75 Å². The Labute approximate surface area is 120 Å². The number of hydrogen-bond acceptors (Lipinski definition) is 4. The van der Waals surface area contributed by atoms with E-state index in [9.17, 15) is 18.4 Å². The van der Waals surface area contributed by atoms with Gasteiger partial charge in [0, 0.05) is 6.54 Å². The molecule has 0 aromatic heterocycles. The molecule has 0 fully saturated rings. The number of ether oxygens (including phenoxy) is 1. The lowest BCUT2D eigenvalue weighted by Crippen LogP contribution is -2.45. The number of carbonyl (C=O) groups excluding carboxylic acids is 2. The number of hydrogen-bond donors (Lipinski definition) is 3. The van der Waals surface area contributed by atoms with Crippen LogP contribution in [0.3, 0.4) is 0 Å². The third-order valence-electron chi connectivity index (χ3n) is 2.48. The van der Waals surface area contributed by atoms with Crippen molar-refractivity contribution in [1.82, 2.24) is 10.6 Å². The average molecular weight is 302 g/mol. The molecule has 0 aliphatic rings. The number of rotatable bonds is 5. The topological polar surface area (TPSA) is 87.7 Å². The fraction of sp³-hybridized carbons (Fsp3) is 0.385. The van der Waals surface area contributed by atoms with Crippen molar-refractivity contribution in [3.63, 3.8) is 0 Å². The highest BCUT2D eigenvalue weighted by atomic mass is 19.1. The summed E-state index contributed by atoms with van der Waals surface area (Å²) in [7, 11) is 0. The van der Waals surface area contributed by atoms with Gasteiger partial charge in [-0.25, -0.2) is 13.6 Å². The van der Waals surface area contributed by atoms with E-state index in [4.69, 9.17) is 9.84 Å². The van der Waals surface area contributed by atoms with Gasteiger partial charge in [0.05, 0.1) is 6.61 Å². The second-order valence-electron chi connectivity index (χ2n) is 4.16. The molecule has 0 aliphatic heterocycles. The molecule has 21 heavy (non-hydrogen) atoms. The standard InChI is InChI=1S/C13H16F2N2O4/c1-3-16-13(20)17-12(19)7(2)21-11-9(14)4-8(6-18)5-10(11)15/h4-5,7,18H,3,6H2,1-2H3,(H2,16,17,19,20). The Morgan fingerprint density at radius 3 is 2.38 bits per heavy atom. The lowest BCUT2D eigenvalue weighted by molar-refractivity contribution is -0.126. The molecule has 1 unspecified atom stereocenters. The molecule has 1 atom stereocenters. The van der Waals surface area contributed by atoms with Gasteiger partial charge >= 0.3 is 6.03 Å². The number of aliphatic hydroxyl groups excluding tert-OH is 1. The summed E-state index contributed by atoms with van der Waals surface area (Å²) in [5, 5.41) is 13.1. The van der Waals surface area contributed by atoms with Gasteiger partial charge in [-0.3, -0.25) is 10.1 Å². The Morgan fingerprint density at radius 2 is 1.90 bits per heavy atom. The number of benzene rings is 1. The first-order valence-corrected chi connectivity index (χ1v) is 6.23. The Hall–Kier alpha value is -2.22. The molecule has 1 aromatic carbocycles. The van der Waals surface area contributed by atoms with Crippen LogP contribution in [0, 0.1) is 11.6 Å². The summed E-state index contributed by atoms with van der Waals surface area (Å²) in [6.45, 7) is 2.70. The van der Waals surface area contributed by atoms with Crippen LogP contribution in [0.5, 0.6) is 5.75 Å². The van der Waals surface area contributed by atoms with Crippen molar-refractivity contribution in [2.75, 3.05) is 6.54 Å². The Kier molecular flexibility index (Phi) is 6.04. The van der Waals surface area contributed by atoms with E-state index in [1.807, 2.05) is 5.32 Å². The van der Waals surface area contributed by atoms with Crippen molar-refractivity contribution < 1.29 is 28.2 Å². The summed E-state index contributed by atoms with van der Waals surface area (Å²) in [5.74, 6) is -3.68. The molecule has 3 amide bonds. The first-order valence-electron chi connectivity index (χ1n) is 6.23. The highest BCUT2D eigenvalue weighted by molar-refractivity contribution is 5.96. The van der Waals surface area contributed by atoms with E-state index in [0.29, 0.717) is 6.54 Å². The van der Waals surface area contributed by atoms with E-state index in [0.717, 1.165) is 12.1 Å². The van der Waals surface area contributed by atoms with Crippen LogP contribution in [0.2, 0.25) is 0 Å². The number of imide groups is 1. The third-order valence-corrected chi connectivity index (χ3v) is 2.48. The maximum Gasteiger partial charge on any atom is 0.321 e. The number of aliphatic hydroxyl groups is 1. The molecule has 0 saturated carbocycles. The zero-order chi connectivity index (χ0) is 16.0. The molecule has 0 bridgehead atoms. The van der Waals surface area contributed by atoms with Gasteiger partial charge in [0.2, 0.25) is 0 Å². The zero-order valence-corrected chi connectivity index (χ0v) is 11.6. The maximum atomic E-state index is 13.6. The van der Waals surface area contributed by atoms with Crippen LogP contribution in [-0.2, 0) is 11.4 Å². The van der Waals surface area contributed by atoms with Crippen molar-refractivity contribution in [1.29, 1.82) is 0 Å². The van der Waals surface area contributed by atoms with Crippen molar-refractivity contribution >= 4 is 11.9 Å². The monoisotopic (exact) mass is 302 g/mol. The largest absolute Gasteiger partial charge is 0.475 e. The molecule has 0 radical (unpaired) electrons. The molecule has 0 spiro atoms. The molecule has 1 aromatic rings. The molecule has 0 heterocycles. The van der Waals surface area contributed by atoms with Crippen molar-refractivity contribution in [2.45, 2.75) is 26.6 Å². The second-order valence-corrected chi connectivity index (χ2v) is 4.16. The molecule has 3 N–H and O–H groups in total. The van der Waals surface area contributed by atoms with Gasteiger partial charge in [-0.2, -0.15) is 0 Å². The highest BCUT2D eigenvalue weighted by Crippen LogP contribution is 2.24. The number of amides is 3. The number of nitrogens with one attached hydrogen (secondary N) is 2. The summed E-state index contributed by atoms with van der Waals surface area (Å²) >= 11 is 0. The van der Waals surface area contributed by atoms with E-state index >= 15 is 0 Å². The molecule has 0 saturated heterocycles. The van der Waals surface area contributed by atoms with Gasteiger partial charge in [-0.05, 0) is 31.5 Å². The predicted octanol–water partition coefficient (Wildman–Crippen LogP) is 1.07. The summed E-state index contributed by atoms with van der Waals surface area (Å²) in [6.07, 6.45) is -1.28. The van der Waals surface area contributed by atoms with Crippen LogP contribution in [0.4, 0.5) is 13.6 Å². The Morgan fingerprint density at radius 1 is 1.33 bits per heavy atom. The van der Waals surface area contributed by atoms with Crippen LogP contribution in [0.1, 0.15) is 19.4 Å². The van der Waals surface area contributed by atoms with Crippen LogP contribution in [0.15, 0.2) is 12.1 Å². The SMILES string of the molecule is CCNC(=O)NC(=O)C(C)Oc1c(F)cc(CO)cc1F. The molecular weight excluding hydrogens is 286 g/mol. The molecule has 0 aliphatic carbocycles. The van der Waals surface area contributed by atoms with Gasteiger partial charge in [0.1, 0.15) is 0 Å². The minimum absolute atomic E-state index is 0.0387. The van der Waals surface area contributed by atoms with Gasteiger partial charge in [0.15, 0.2) is 23.5 Å². The van der Waals surface area contributed by atoms with Gasteiger partial charge in [-0.15, -0.1) is 0 Å². The molecule has 116 valence electrons. The first kappa shape index (κ1) is 16.8. The molecule has 8 heteroatoms. The lowest BCUT2D eigenvalue weighted by Gasteiger charge is -2.15. The number of urea groups is 1. The van der Waals surface area contributed by atoms with E-state index < -0.39 is 42.0 Å². The summed E-state index contributed by atoms with van der Waals surface area (Å²) < 4.78 is 32.1. The predicted molar refractivity (Wildman–Crippen MR) is 69.6 cm³/mol. The van der Waals surface area contributed by atoms with Crippen LogP contribution < -0.4 is 15.4 Å². The summed E-state index contributed by atoms with van der Waals surface area (Å²) in [5.41, 5.74) is 0.0387. The minimum atomic E-state index is -1.28. The van der Waals surface area contributed by atoms with E-state index in [1.165, 1.54) is 6.92 Å². The minimum Gasteiger partial charge on any atom is -0.475 e. The fourth-order valence-corrected chi connectivity index (χ4v) is 1.46. The van der Waals surface area contributed by atoms with Gasteiger partial charge < -0.3 is 15.2 Å². The van der Waals surface area contributed by atoms with Crippen LogP contribution in [-0.4, -0.2) is 29.7 Å². The Balaban J connectivity index is 2.77. The van der Waals surface area contributed by atoms with E-state index in [1.54, 1.807) is 6.92 Å². The van der Waals surface area contributed by atoms with Gasteiger partial charge in [-0.1, -0.05) is 0 Å². The second kappa shape index (κ2) is 7.53. The normalized spacial score (nSPS) is 11.7. The van der Waals surface area contributed by atoms with E-state index in [2.05, 4.69) is 5.32 Å². The molecule has 6 nitrogen and oxygen atoms in total. The van der Waals surface area contributed by atoms with Gasteiger partial charge in [0.25, 0.3) is 5.91 Å². The number of halogens is 2. The smallest absolute Gasteiger partial charge is 0.321 e. The summed E-state index contributed by atoms with van der Waals surface area (Å²) in [4.78, 5) is 22.7. The highest BCUT2D eigenvalue weighted by Gasteiger charge is 2.21. The van der Waals surface area contributed by atoms with Crippen LogP contribution >= 0.6 is 0 Å². The lowest BCUT2D eigenvalue weighted by atomic mass is 10.2. The summed E-state index contributed by atoms with van der Waals surface area (Å²) in [6, 6.07) is 1.06. The molecule has 1 rings (SSSR count). The number of carbonyl (C=O) groups is 2. The van der Waals surface area contributed by atoms with Crippen LogP contribution in [0.25, 0.3) is 0 Å². The quantitative estimate of drug-likeness (QED) is 0.759. The first-order chi connectivity index (χ1) is 9.88. The van der Waals surface area contributed by atoms with Crippen molar-refractivity contribution in [3.05, 3.63) is 29.3 Å². The van der Waals surface area contributed by atoms with Crippen molar-refractivity contribution in [2.24, 2.45) is 0 Å². The fourth-order valence-electron chi connectivity index (χ4n) is 1.46. The van der Waals surface area contributed by atoms with E-state index in [-0.39, 0.29) is 5.56 Å². The third kappa shape index (κ3) is 4.67. The average Bonchev–Trinajstić information content (AvgIpc) is 2.42. The zero-order valence-electron chi connectivity index (χ0n) is 11.6. The Bertz CT molecular complexity index is 514. The molecular formula is C13H16F2N2O4. The maximum absolute atomic E-state index is 13.6.